The van der Waals surface area contributed by atoms with Crippen LogP contribution in [-0.2, 0) is 6.18 Å². The summed E-state index contributed by atoms with van der Waals surface area (Å²) < 4.78 is 44.7. The largest absolute Gasteiger partial charge is 0.497 e. The van der Waals surface area contributed by atoms with Crippen LogP contribution in [0.5, 0.6) is 5.75 Å². The van der Waals surface area contributed by atoms with Gasteiger partial charge in [0, 0.05) is 11.6 Å². The summed E-state index contributed by atoms with van der Waals surface area (Å²) >= 11 is 5.04. The van der Waals surface area contributed by atoms with E-state index >= 15 is 0 Å². The minimum atomic E-state index is -4.46. The molecule has 1 heterocycles. The SMILES string of the molecule is COc1cccc(-n2[nH]c(C(F)(F)F)c(C)c2=S)c1. The summed E-state index contributed by atoms with van der Waals surface area (Å²) in [7, 11) is 1.49. The van der Waals surface area contributed by atoms with Gasteiger partial charge in [-0.05, 0) is 19.1 Å². The van der Waals surface area contributed by atoms with Gasteiger partial charge in [0.25, 0.3) is 0 Å². The molecular formula is C12H11F3N2OS. The molecule has 0 aliphatic rings. The number of nitrogens with one attached hydrogen (secondary N) is 1. The molecular weight excluding hydrogens is 277 g/mol. The van der Waals surface area contributed by atoms with E-state index in [1.165, 1.54) is 18.7 Å². The molecule has 0 amide bonds. The second kappa shape index (κ2) is 4.73. The number of aromatic amines is 1. The Labute approximate surface area is 112 Å². The van der Waals surface area contributed by atoms with Gasteiger partial charge in [0.1, 0.15) is 16.1 Å². The third kappa shape index (κ3) is 2.51. The van der Waals surface area contributed by atoms with Crippen molar-refractivity contribution in [2.24, 2.45) is 0 Å². The fraction of sp³-hybridized carbons (Fsp3) is 0.250. The first-order chi connectivity index (χ1) is 8.84. The molecule has 2 aromatic rings. The average Bonchev–Trinajstić information content (AvgIpc) is 2.66. The summed E-state index contributed by atoms with van der Waals surface area (Å²) in [6.45, 7) is 1.35. The Hall–Kier alpha value is -1.76. The maximum absolute atomic E-state index is 12.8. The van der Waals surface area contributed by atoms with Crippen LogP contribution in [0.4, 0.5) is 13.2 Å². The van der Waals surface area contributed by atoms with E-state index in [1.807, 2.05) is 0 Å². The van der Waals surface area contributed by atoms with Crippen LogP contribution in [0.25, 0.3) is 5.69 Å². The summed E-state index contributed by atoms with van der Waals surface area (Å²) in [6, 6.07) is 6.63. The summed E-state index contributed by atoms with van der Waals surface area (Å²) in [5.41, 5.74) is -0.339. The van der Waals surface area contributed by atoms with Crippen molar-refractivity contribution in [2.45, 2.75) is 13.1 Å². The minimum Gasteiger partial charge on any atom is -0.497 e. The van der Waals surface area contributed by atoms with Crippen molar-refractivity contribution in [3.05, 3.63) is 40.2 Å². The standard InChI is InChI=1S/C12H11F3N2OS/c1-7-10(12(13,14)15)16-17(11(7)19)8-4-3-5-9(6-8)18-2/h3-6,16H,1-2H3. The molecule has 19 heavy (non-hydrogen) atoms. The van der Waals surface area contributed by atoms with Gasteiger partial charge in [-0.2, -0.15) is 13.2 Å². The van der Waals surface area contributed by atoms with Crippen molar-refractivity contribution in [3.8, 4) is 11.4 Å². The Balaban J connectivity index is 2.61. The van der Waals surface area contributed by atoms with E-state index in [0.717, 1.165) is 0 Å². The molecule has 0 bridgehead atoms. The van der Waals surface area contributed by atoms with Crippen molar-refractivity contribution in [1.29, 1.82) is 0 Å². The lowest BCUT2D eigenvalue weighted by Gasteiger charge is -2.06. The van der Waals surface area contributed by atoms with E-state index in [1.54, 1.807) is 24.3 Å². The van der Waals surface area contributed by atoms with Gasteiger partial charge in [-0.15, -0.1) is 0 Å². The predicted molar refractivity (Wildman–Crippen MR) is 67.2 cm³/mol. The number of methoxy groups -OCH3 is 1. The van der Waals surface area contributed by atoms with Gasteiger partial charge in [0.2, 0.25) is 0 Å². The third-order valence-electron chi connectivity index (χ3n) is 2.72. The molecule has 1 N–H and O–H groups in total. The van der Waals surface area contributed by atoms with Crippen LogP contribution in [-0.4, -0.2) is 16.9 Å². The molecule has 0 fully saturated rings. The second-order valence-corrected chi connectivity index (χ2v) is 4.34. The number of rotatable bonds is 2. The molecule has 0 aliphatic heterocycles. The lowest BCUT2D eigenvalue weighted by Crippen LogP contribution is -2.08. The van der Waals surface area contributed by atoms with Gasteiger partial charge in [-0.1, -0.05) is 18.3 Å². The molecule has 0 radical (unpaired) electrons. The van der Waals surface area contributed by atoms with Crippen molar-refractivity contribution >= 4 is 12.2 Å². The molecule has 1 aromatic carbocycles. The van der Waals surface area contributed by atoms with Gasteiger partial charge in [-0.3, -0.25) is 5.10 Å². The lowest BCUT2D eigenvalue weighted by molar-refractivity contribution is -0.141. The van der Waals surface area contributed by atoms with E-state index in [0.29, 0.717) is 11.4 Å². The molecule has 7 heteroatoms. The number of ether oxygens (including phenoxy) is 1. The van der Waals surface area contributed by atoms with Crippen molar-refractivity contribution in [2.75, 3.05) is 7.11 Å². The van der Waals surface area contributed by atoms with E-state index < -0.39 is 11.9 Å². The molecule has 0 saturated carbocycles. The summed E-state index contributed by atoms with van der Waals surface area (Å²) in [5.74, 6) is 0.542. The smallest absolute Gasteiger partial charge is 0.433 e. The van der Waals surface area contributed by atoms with Gasteiger partial charge in [-0.25, -0.2) is 4.68 Å². The molecule has 1 aromatic heterocycles. The van der Waals surface area contributed by atoms with Crippen molar-refractivity contribution < 1.29 is 17.9 Å². The van der Waals surface area contributed by atoms with Crippen LogP contribution < -0.4 is 4.74 Å². The number of alkyl halides is 3. The number of benzene rings is 1. The summed E-state index contributed by atoms with van der Waals surface area (Å²) in [6.07, 6.45) is -4.46. The third-order valence-corrected chi connectivity index (χ3v) is 3.21. The quantitative estimate of drug-likeness (QED) is 0.850. The number of nitrogens with zero attached hydrogens (tertiary/aromatic N) is 1. The zero-order valence-electron chi connectivity index (χ0n) is 10.2. The molecule has 2 rings (SSSR count). The van der Waals surface area contributed by atoms with Crippen molar-refractivity contribution in [1.82, 2.24) is 9.78 Å². The topological polar surface area (TPSA) is 29.9 Å². The highest BCUT2D eigenvalue weighted by Gasteiger charge is 2.35. The van der Waals surface area contributed by atoms with Gasteiger partial charge >= 0.3 is 6.18 Å². The number of H-pyrrole nitrogens is 1. The maximum Gasteiger partial charge on any atom is 0.433 e. The van der Waals surface area contributed by atoms with E-state index in [2.05, 4.69) is 5.10 Å². The Morgan fingerprint density at radius 1 is 1.32 bits per heavy atom. The number of halogens is 3. The lowest BCUT2D eigenvalue weighted by atomic mass is 10.3. The summed E-state index contributed by atoms with van der Waals surface area (Å²) in [4.78, 5) is 0. The Morgan fingerprint density at radius 2 is 2.00 bits per heavy atom. The fourth-order valence-corrected chi connectivity index (χ4v) is 1.98. The minimum absolute atomic E-state index is 0.00493. The maximum atomic E-state index is 12.8. The van der Waals surface area contributed by atoms with E-state index in [-0.39, 0.29) is 10.2 Å². The van der Waals surface area contributed by atoms with Crippen LogP contribution in [0.1, 0.15) is 11.3 Å². The molecule has 0 unspecified atom stereocenters. The van der Waals surface area contributed by atoms with Crippen molar-refractivity contribution in [3.63, 3.8) is 0 Å². The van der Waals surface area contributed by atoms with Gasteiger partial charge in [0.05, 0.1) is 12.8 Å². The predicted octanol–water partition coefficient (Wildman–Crippen LogP) is 3.87. The van der Waals surface area contributed by atoms with Crippen LogP contribution >= 0.6 is 12.2 Å². The highest BCUT2D eigenvalue weighted by atomic mass is 32.1. The number of hydrogen-bond acceptors (Lipinski definition) is 2. The average molecular weight is 288 g/mol. The zero-order valence-corrected chi connectivity index (χ0v) is 11.0. The Kier molecular flexibility index (Phi) is 3.40. The zero-order chi connectivity index (χ0) is 14.2. The van der Waals surface area contributed by atoms with Crippen LogP contribution in [0.15, 0.2) is 24.3 Å². The van der Waals surface area contributed by atoms with Gasteiger partial charge in [0.15, 0.2) is 0 Å². The van der Waals surface area contributed by atoms with Crippen LogP contribution in [0, 0.1) is 11.6 Å². The highest BCUT2D eigenvalue weighted by Crippen LogP contribution is 2.32. The van der Waals surface area contributed by atoms with Crippen LogP contribution in [0.3, 0.4) is 0 Å². The second-order valence-electron chi connectivity index (χ2n) is 3.95. The number of aromatic nitrogens is 2. The van der Waals surface area contributed by atoms with Crippen LogP contribution in [0.2, 0.25) is 0 Å². The first kappa shape index (κ1) is 13.7. The molecule has 0 aliphatic carbocycles. The molecule has 102 valence electrons. The first-order valence-electron chi connectivity index (χ1n) is 5.38. The molecule has 3 nitrogen and oxygen atoms in total. The monoisotopic (exact) mass is 288 g/mol. The number of hydrogen-bond donors (Lipinski definition) is 1. The molecule has 0 spiro atoms. The van der Waals surface area contributed by atoms with Gasteiger partial charge < -0.3 is 4.74 Å². The first-order valence-corrected chi connectivity index (χ1v) is 5.78. The van der Waals surface area contributed by atoms with E-state index in [4.69, 9.17) is 17.0 Å². The Morgan fingerprint density at radius 3 is 2.53 bits per heavy atom. The highest BCUT2D eigenvalue weighted by molar-refractivity contribution is 7.71. The molecule has 0 saturated heterocycles. The normalized spacial score (nSPS) is 11.6. The fourth-order valence-electron chi connectivity index (χ4n) is 1.73. The Bertz CT molecular complexity index is 658. The summed E-state index contributed by atoms with van der Waals surface area (Å²) in [5, 5.41) is 2.29. The van der Waals surface area contributed by atoms with E-state index in [9.17, 15) is 13.2 Å². The molecule has 0 atom stereocenters.